The molecule has 1 N–H and O–H groups in total. The van der Waals surface area contributed by atoms with E-state index in [4.69, 9.17) is 21.1 Å². The molecule has 0 fully saturated rings. The normalized spacial score (nSPS) is 10.2. The molecule has 2 aromatic rings. The predicted octanol–water partition coefficient (Wildman–Crippen LogP) is 3.28. The van der Waals surface area contributed by atoms with E-state index in [2.05, 4.69) is 5.32 Å². The number of hydrogen-bond acceptors (Lipinski definition) is 4. The van der Waals surface area contributed by atoms with Gasteiger partial charge < -0.3 is 19.7 Å². The van der Waals surface area contributed by atoms with Gasteiger partial charge in [0.1, 0.15) is 11.5 Å². The molecule has 0 aromatic heterocycles. The molecule has 0 saturated heterocycles. The highest BCUT2D eigenvalue weighted by atomic mass is 35.5. The minimum atomic E-state index is -0.252. The molecule has 0 saturated carbocycles. The van der Waals surface area contributed by atoms with E-state index >= 15 is 0 Å². The van der Waals surface area contributed by atoms with Gasteiger partial charge in [-0.05, 0) is 55.8 Å². The summed E-state index contributed by atoms with van der Waals surface area (Å²) in [5.74, 6) is 0.831. The number of nitrogens with zero attached hydrogens (tertiary/aromatic N) is 1. The van der Waals surface area contributed by atoms with Crippen LogP contribution in [0.5, 0.6) is 11.5 Å². The summed E-state index contributed by atoms with van der Waals surface area (Å²) < 4.78 is 10.9. The molecular weight excluding hydrogens is 380 g/mol. The molecule has 0 heterocycles. The van der Waals surface area contributed by atoms with Gasteiger partial charge in [-0.1, -0.05) is 23.7 Å². The molecule has 2 rings (SSSR count). The number of hydrogen-bond donors (Lipinski definition) is 1. The summed E-state index contributed by atoms with van der Waals surface area (Å²) in [7, 11) is 0. The van der Waals surface area contributed by atoms with Crippen molar-refractivity contribution in [3.63, 3.8) is 0 Å². The quantitative estimate of drug-likeness (QED) is 0.659. The second-order valence-corrected chi connectivity index (χ2v) is 6.44. The zero-order chi connectivity index (χ0) is 20.4. The summed E-state index contributed by atoms with van der Waals surface area (Å²) in [6.07, 6.45) is 0. The summed E-state index contributed by atoms with van der Waals surface area (Å²) in [5.41, 5.74) is 0.936. The van der Waals surface area contributed by atoms with Crippen LogP contribution in [-0.4, -0.2) is 43.0 Å². The fourth-order valence-electron chi connectivity index (χ4n) is 2.44. The second-order valence-electron chi connectivity index (χ2n) is 6.00. The van der Waals surface area contributed by atoms with Gasteiger partial charge in [-0.25, -0.2) is 0 Å². The maximum atomic E-state index is 12.3. The molecule has 7 heteroatoms. The molecule has 0 bridgehead atoms. The maximum absolute atomic E-state index is 12.3. The molecular formula is C21H25ClN2O4. The summed E-state index contributed by atoms with van der Waals surface area (Å²) in [4.78, 5) is 25.9. The van der Waals surface area contributed by atoms with E-state index in [0.29, 0.717) is 30.5 Å². The Labute approximate surface area is 170 Å². The molecule has 0 aliphatic carbocycles. The Hall–Kier alpha value is -2.73. The minimum Gasteiger partial charge on any atom is -0.494 e. The van der Waals surface area contributed by atoms with Gasteiger partial charge in [0.15, 0.2) is 6.61 Å². The number of halogens is 1. The van der Waals surface area contributed by atoms with E-state index in [-0.39, 0.29) is 25.0 Å². The third-order valence-corrected chi connectivity index (χ3v) is 4.22. The van der Waals surface area contributed by atoms with Crippen molar-refractivity contribution in [3.05, 3.63) is 59.1 Å². The topological polar surface area (TPSA) is 67.9 Å². The molecule has 0 unspecified atom stereocenters. The maximum Gasteiger partial charge on any atom is 0.260 e. The van der Waals surface area contributed by atoms with Crippen LogP contribution in [0.3, 0.4) is 0 Å². The zero-order valence-electron chi connectivity index (χ0n) is 16.1. The predicted molar refractivity (Wildman–Crippen MR) is 109 cm³/mol. The number of carbonyl (C=O) groups is 2. The summed E-state index contributed by atoms with van der Waals surface area (Å²) >= 11 is 5.84. The van der Waals surface area contributed by atoms with Crippen molar-refractivity contribution in [1.29, 1.82) is 0 Å². The zero-order valence-corrected chi connectivity index (χ0v) is 16.9. The first-order chi connectivity index (χ1) is 13.5. The van der Waals surface area contributed by atoms with E-state index < -0.39 is 0 Å². The average Bonchev–Trinajstić information content (AvgIpc) is 2.71. The van der Waals surface area contributed by atoms with Crippen LogP contribution < -0.4 is 14.8 Å². The van der Waals surface area contributed by atoms with Crippen LogP contribution in [-0.2, 0) is 16.1 Å². The van der Waals surface area contributed by atoms with Crippen LogP contribution in [0.2, 0.25) is 5.02 Å². The largest absolute Gasteiger partial charge is 0.494 e. The Morgan fingerprint density at radius 1 is 0.964 bits per heavy atom. The average molecular weight is 405 g/mol. The number of nitrogens with one attached hydrogen (secondary N) is 1. The van der Waals surface area contributed by atoms with E-state index in [1.807, 2.05) is 26.0 Å². The Morgan fingerprint density at radius 2 is 1.57 bits per heavy atom. The Kier molecular flexibility index (Phi) is 8.62. The molecule has 2 aromatic carbocycles. The Morgan fingerprint density at radius 3 is 2.14 bits per heavy atom. The van der Waals surface area contributed by atoms with Gasteiger partial charge in [0, 0.05) is 18.1 Å². The van der Waals surface area contributed by atoms with Crippen LogP contribution in [0.4, 0.5) is 0 Å². The molecule has 0 aliphatic heterocycles. The lowest BCUT2D eigenvalue weighted by molar-refractivity contribution is -0.137. The number of benzene rings is 2. The van der Waals surface area contributed by atoms with Gasteiger partial charge in [-0.3, -0.25) is 9.59 Å². The summed E-state index contributed by atoms with van der Waals surface area (Å²) in [6.45, 7) is 4.96. The van der Waals surface area contributed by atoms with Crippen molar-refractivity contribution < 1.29 is 19.1 Å². The molecule has 0 spiro atoms. The van der Waals surface area contributed by atoms with Gasteiger partial charge in [-0.15, -0.1) is 0 Å². The standard InChI is InChI=1S/C21H25ClN2O4/c1-3-24(14-20(25)23-13-16-5-7-17(22)8-6-16)21(26)15-28-19-11-9-18(10-12-19)27-4-2/h5-12H,3-4,13-15H2,1-2H3,(H,23,25). The van der Waals surface area contributed by atoms with E-state index in [0.717, 1.165) is 11.3 Å². The van der Waals surface area contributed by atoms with Gasteiger partial charge in [0.05, 0.1) is 13.2 Å². The first-order valence-corrected chi connectivity index (χ1v) is 9.54. The monoisotopic (exact) mass is 404 g/mol. The van der Waals surface area contributed by atoms with Crippen molar-refractivity contribution in [1.82, 2.24) is 10.2 Å². The second kappa shape index (κ2) is 11.2. The van der Waals surface area contributed by atoms with E-state index in [9.17, 15) is 9.59 Å². The van der Waals surface area contributed by atoms with E-state index in [1.165, 1.54) is 4.90 Å². The van der Waals surface area contributed by atoms with E-state index in [1.54, 1.807) is 36.4 Å². The molecule has 6 nitrogen and oxygen atoms in total. The van der Waals surface area contributed by atoms with Crippen LogP contribution in [0.1, 0.15) is 19.4 Å². The fourth-order valence-corrected chi connectivity index (χ4v) is 2.57. The van der Waals surface area contributed by atoms with Crippen molar-refractivity contribution in [2.75, 3.05) is 26.3 Å². The molecule has 0 aliphatic rings. The highest BCUT2D eigenvalue weighted by Gasteiger charge is 2.16. The molecule has 0 atom stereocenters. The third-order valence-electron chi connectivity index (χ3n) is 3.97. The van der Waals surface area contributed by atoms with Crippen molar-refractivity contribution in [2.24, 2.45) is 0 Å². The Bertz CT molecular complexity index is 763. The van der Waals surface area contributed by atoms with Crippen LogP contribution in [0.25, 0.3) is 0 Å². The highest BCUT2D eigenvalue weighted by molar-refractivity contribution is 6.30. The fraction of sp³-hybridized carbons (Fsp3) is 0.333. The minimum absolute atomic E-state index is 0.0183. The molecule has 28 heavy (non-hydrogen) atoms. The van der Waals surface area contributed by atoms with Gasteiger partial charge >= 0.3 is 0 Å². The first kappa shape index (κ1) is 21.6. The Balaban J connectivity index is 1.78. The lowest BCUT2D eigenvalue weighted by atomic mass is 10.2. The van der Waals surface area contributed by atoms with Gasteiger partial charge in [0.25, 0.3) is 5.91 Å². The van der Waals surface area contributed by atoms with Crippen molar-refractivity contribution >= 4 is 23.4 Å². The number of carbonyl (C=O) groups excluding carboxylic acids is 2. The number of likely N-dealkylation sites (N-methyl/N-ethyl adjacent to an activating group) is 1. The van der Waals surface area contributed by atoms with Crippen LogP contribution in [0, 0.1) is 0 Å². The molecule has 2 amide bonds. The smallest absolute Gasteiger partial charge is 0.260 e. The molecule has 0 radical (unpaired) electrons. The van der Waals surface area contributed by atoms with Crippen molar-refractivity contribution in [2.45, 2.75) is 20.4 Å². The number of rotatable bonds is 10. The third kappa shape index (κ3) is 7.12. The summed E-state index contributed by atoms with van der Waals surface area (Å²) in [5, 5.41) is 3.44. The van der Waals surface area contributed by atoms with Gasteiger partial charge in [0.2, 0.25) is 5.91 Å². The SMILES string of the molecule is CCOc1ccc(OCC(=O)N(CC)CC(=O)NCc2ccc(Cl)cc2)cc1. The molecule has 150 valence electrons. The van der Waals surface area contributed by atoms with Gasteiger partial charge in [-0.2, -0.15) is 0 Å². The van der Waals surface area contributed by atoms with Crippen LogP contribution in [0.15, 0.2) is 48.5 Å². The van der Waals surface area contributed by atoms with Crippen molar-refractivity contribution in [3.8, 4) is 11.5 Å². The lowest BCUT2D eigenvalue weighted by Crippen LogP contribution is -2.42. The number of amides is 2. The highest BCUT2D eigenvalue weighted by Crippen LogP contribution is 2.17. The number of ether oxygens (including phenoxy) is 2. The lowest BCUT2D eigenvalue weighted by Gasteiger charge is -2.20. The first-order valence-electron chi connectivity index (χ1n) is 9.16. The van der Waals surface area contributed by atoms with Crippen LogP contribution >= 0.6 is 11.6 Å². The summed E-state index contributed by atoms with van der Waals surface area (Å²) in [6, 6.07) is 14.3.